The maximum Gasteiger partial charge on any atom is 0.257 e. The number of carbonyl (C=O) groups is 1. The van der Waals surface area contributed by atoms with Crippen LogP contribution in [0.3, 0.4) is 0 Å². The molecule has 1 aliphatic heterocycles. The fourth-order valence-corrected chi connectivity index (χ4v) is 3.23. The predicted molar refractivity (Wildman–Crippen MR) is 121 cm³/mol. The van der Waals surface area contributed by atoms with Crippen LogP contribution in [0.2, 0.25) is 0 Å². The van der Waals surface area contributed by atoms with E-state index in [-0.39, 0.29) is 5.91 Å². The second-order valence-corrected chi connectivity index (χ2v) is 7.99. The van der Waals surface area contributed by atoms with Crippen LogP contribution in [0.25, 0.3) is 0 Å². The number of guanidine groups is 1. The molecule has 2 N–H and O–H groups in total. The highest BCUT2D eigenvalue weighted by Crippen LogP contribution is 2.14. The van der Waals surface area contributed by atoms with Crippen LogP contribution in [0.4, 0.5) is 5.69 Å². The molecule has 1 saturated heterocycles. The predicted octanol–water partition coefficient (Wildman–Crippen LogP) is 3.60. The summed E-state index contributed by atoms with van der Waals surface area (Å²) in [6, 6.07) is 13.4. The molecule has 0 atom stereocenters. The molecule has 1 fully saturated rings. The number of hydrogen-bond donors (Lipinski definition) is 2. The lowest BCUT2D eigenvalue weighted by Gasteiger charge is -2.25. The number of amides is 1. The molecule has 3 rings (SSSR count). The molecule has 29 heavy (non-hydrogen) atoms. The van der Waals surface area contributed by atoms with E-state index in [1.54, 1.807) is 0 Å². The maximum atomic E-state index is 12.8. The first kappa shape index (κ1) is 21.5. The number of aryl methyl sites for hydroxylation is 2. The summed E-state index contributed by atoms with van der Waals surface area (Å²) in [5.74, 6) is 0.270. The van der Waals surface area contributed by atoms with Gasteiger partial charge in [-0.2, -0.15) is 0 Å². The van der Waals surface area contributed by atoms with E-state index in [1.807, 2.05) is 56.3 Å². The van der Waals surface area contributed by atoms with Gasteiger partial charge in [-0.05, 0) is 61.4 Å². The Balaban J connectivity index is 1.69. The standard InChI is InChI=1S/C22H27BrN4O2/c1-16-3-4-18(15-17(16)2)21(28)26-22(25-20-7-5-19(23)6-8-20)24-9-10-27-11-13-29-14-12-27/h3-8,15H,9-14H2,1-2H3,(H2,24,25,26,28). The Morgan fingerprint density at radius 2 is 1.83 bits per heavy atom. The minimum Gasteiger partial charge on any atom is -0.379 e. The number of hydrogen-bond acceptors (Lipinski definition) is 4. The van der Waals surface area contributed by atoms with E-state index < -0.39 is 0 Å². The molecule has 1 amide bonds. The van der Waals surface area contributed by atoms with Gasteiger partial charge in [0.1, 0.15) is 0 Å². The van der Waals surface area contributed by atoms with Gasteiger partial charge in [-0.25, -0.2) is 0 Å². The van der Waals surface area contributed by atoms with Crippen molar-refractivity contribution in [1.82, 2.24) is 10.2 Å². The van der Waals surface area contributed by atoms with Crippen LogP contribution in [0.1, 0.15) is 21.5 Å². The van der Waals surface area contributed by atoms with E-state index in [2.05, 4.69) is 36.5 Å². The van der Waals surface area contributed by atoms with Crippen molar-refractivity contribution in [3.05, 3.63) is 63.6 Å². The van der Waals surface area contributed by atoms with Gasteiger partial charge in [-0.15, -0.1) is 0 Å². The highest BCUT2D eigenvalue weighted by Gasteiger charge is 2.12. The van der Waals surface area contributed by atoms with Gasteiger partial charge in [-0.1, -0.05) is 22.0 Å². The molecule has 2 aromatic rings. The molecular weight excluding hydrogens is 432 g/mol. The van der Waals surface area contributed by atoms with E-state index >= 15 is 0 Å². The third-order valence-corrected chi connectivity index (χ3v) is 5.43. The summed E-state index contributed by atoms with van der Waals surface area (Å²) in [7, 11) is 0. The molecule has 0 spiro atoms. The van der Waals surface area contributed by atoms with Crippen LogP contribution >= 0.6 is 15.9 Å². The number of benzene rings is 2. The van der Waals surface area contributed by atoms with Crippen molar-refractivity contribution in [1.29, 1.82) is 0 Å². The van der Waals surface area contributed by atoms with Crippen molar-refractivity contribution in [2.75, 3.05) is 44.7 Å². The lowest BCUT2D eigenvalue weighted by Crippen LogP contribution is -2.39. The Hall–Kier alpha value is -2.22. The Morgan fingerprint density at radius 3 is 2.52 bits per heavy atom. The molecule has 0 aliphatic carbocycles. The van der Waals surface area contributed by atoms with Crippen LogP contribution in [-0.2, 0) is 4.74 Å². The maximum absolute atomic E-state index is 12.8. The summed E-state index contributed by atoms with van der Waals surface area (Å²) in [6.45, 7) is 8.81. The van der Waals surface area contributed by atoms with Gasteiger partial charge in [-0.3, -0.25) is 20.0 Å². The zero-order valence-corrected chi connectivity index (χ0v) is 18.5. The Labute approximate surface area is 180 Å². The average molecular weight is 459 g/mol. The molecule has 1 aliphatic rings. The van der Waals surface area contributed by atoms with E-state index in [4.69, 9.17) is 4.74 Å². The molecule has 1 heterocycles. The Bertz CT molecular complexity index is 862. The quantitative estimate of drug-likeness (QED) is 0.530. The SMILES string of the molecule is Cc1ccc(C(=O)NC(=NCCN2CCOCC2)Nc2ccc(Br)cc2)cc1C. The van der Waals surface area contributed by atoms with Crippen molar-refractivity contribution in [2.45, 2.75) is 13.8 Å². The third-order valence-electron chi connectivity index (χ3n) is 4.90. The summed E-state index contributed by atoms with van der Waals surface area (Å²) in [5, 5.41) is 6.15. The van der Waals surface area contributed by atoms with E-state index in [0.717, 1.165) is 54.1 Å². The second-order valence-electron chi connectivity index (χ2n) is 7.07. The van der Waals surface area contributed by atoms with E-state index in [9.17, 15) is 4.79 Å². The van der Waals surface area contributed by atoms with Crippen LogP contribution in [0.5, 0.6) is 0 Å². The number of halogens is 1. The van der Waals surface area contributed by atoms with Crippen LogP contribution in [0.15, 0.2) is 51.9 Å². The first-order chi connectivity index (χ1) is 14.0. The van der Waals surface area contributed by atoms with Gasteiger partial charge < -0.3 is 10.1 Å². The van der Waals surface area contributed by atoms with Crippen molar-refractivity contribution < 1.29 is 9.53 Å². The van der Waals surface area contributed by atoms with Crippen molar-refractivity contribution in [2.24, 2.45) is 4.99 Å². The molecule has 0 unspecified atom stereocenters. The largest absolute Gasteiger partial charge is 0.379 e. The summed E-state index contributed by atoms with van der Waals surface area (Å²) in [4.78, 5) is 19.7. The minimum absolute atomic E-state index is 0.178. The van der Waals surface area contributed by atoms with Crippen molar-refractivity contribution in [3.8, 4) is 0 Å². The zero-order valence-electron chi connectivity index (χ0n) is 16.9. The smallest absolute Gasteiger partial charge is 0.257 e. The lowest BCUT2D eigenvalue weighted by molar-refractivity contribution is 0.0394. The van der Waals surface area contributed by atoms with Crippen molar-refractivity contribution >= 4 is 33.5 Å². The number of ether oxygens (including phenoxy) is 1. The summed E-state index contributed by atoms with van der Waals surface area (Å²) < 4.78 is 6.38. The normalized spacial score (nSPS) is 15.2. The second kappa shape index (κ2) is 10.5. The highest BCUT2D eigenvalue weighted by molar-refractivity contribution is 9.10. The molecule has 154 valence electrons. The molecule has 2 aromatic carbocycles. The van der Waals surface area contributed by atoms with Gasteiger partial charge in [0.2, 0.25) is 5.96 Å². The molecular formula is C22H27BrN4O2. The van der Waals surface area contributed by atoms with Gasteiger partial charge in [0.15, 0.2) is 0 Å². The van der Waals surface area contributed by atoms with Gasteiger partial charge in [0.25, 0.3) is 5.91 Å². The van der Waals surface area contributed by atoms with E-state index in [1.165, 1.54) is 0 Å². The Morgan fingerprint density at radius 1 is 1.10 bits per heavy atom. The molecule has 0 saturated carbocycles. The first-order valence-electron chi connectivity index (χ1n) is 9.77. The van der Waals surface area contributed by atoms with Gasteiger partial charge in [0.05, 0.1) is 19.8 Å². The number of anilines is 1. The monoisotopic (exact) mass is 458 g/mol. The average Bonchev–Trinajstić information content (AvgIpc) is 2.72. The van der Waals surface area contributed by atoms with Crippen LogP contribution in [-0.4, -0.2) is 56.2 Å². The first-order valence-corrected chi connectivity index (χ1v) is 10.6. The van der Waals surface area contributed by atoms with Crippen LogP contribution in [0, 0.1) is 13.8 Å². The lowest BCUT2D eigenvalue weighted by atomic mass is 10.1. The molecule has 0 aromatic heterocycles. The van der Waals surface area contributed by atoms with Crippen LogP contribution < -0.4 is 10.6 Å². The number of carbonyl (C=O) groups excluding carboxylic acids is 1. The number of morpholine rings is 1. The molecule has 0 bridgehead atoms. The summed E-state index contributed by atoms with van der Waals surface area (Å²) in [6.07, 6.45) is 0. The third kappa shape index (κ3) is 6.66. The topological polar surface area (TPSA) is 66.0 Å². The number of nitrogens with zero attached hydrogens (tertiary/aromatic N) is 2. The molecule has 0 radical (unpaired) electrons. The van der Waals surface area contributed by atoms with E-state index in [0.29, 0.717) is 18.1 Å². The van der Waals surface area contributed by atoms with Gasteiger partial charge in [0, 0.05) is 35.4 Å². The number of rotatable bonds is 5. The summed E-state index contributed by atoms with van der Waals surface area (Å²) in [5.41, 5.74) is 3.73. The molecule has 6 nitrogen and oxygen atoms in total. The Kier molecular flexibility index (Phi) is 7.80. The fraction of sp³-hybridized carbons (Fsp3) is 0.364. The number of nitrogens with one attached hydrogen (secondary N) is 2. The number of aliphatic imine (C=N–C) groups is 1. The van der Waals surface area contributed by atoms with Crippen molar-refractivity contribution in [3.63, 3.8) is 0 Å². The minimum atomic E-state index is -0.178. The highest BCUT2D eigenvalue weighted by atomic mass is 79.9. The van der Waals surface area contributed by atoms with Gasteiger partial charge >= 0.3 is 0 Å². The molecule has 7 heteroatoms. The zero-order chi connectivity index (χ0) is 20.6. The fourth-order valence-electron chi connectivity index (χ4n) is 2.97. The summed E-state index contributed by atoms with van der Waals surface area (Å²) >= 11 is 3.44.